The first-order valence-corrected chi connectivity index (χ1v) is 6.01. The summed E-state index contributed by atoms with van der Waals surface area (Å²) in [5, 5.41) is 18.8. The highest BCUT2D eigenvalue weighted by molar-refractivity contribution is 5.51. The molecule has 102 valence electrons. The second-order valence-corrected chi connectivity index (χ2v) is 4.47. The highest BCUT2D eigenvalue weighted by atomic mass is 16.5. The van der Waals surface area contributed by atoms with Crippen molar-refractivity contribution in [2.45, 2.75) is 19.1 Å². The first-order chi connectivity index (χ1) is 8.54. The van der Waals surface area contributed by atoms with E-state index in [1.165, 1.54) is 0 Å². The van der Waals surface area contributed by atoms with Crippen molar-refractivity contribution in [1.29, 1.82) is 0 Å². The van der Waals surface area contributed by atoms with Gasteiger partial charge in [-0.2, -0.15) is 0 Å². The first kappa shape index (κ1) is 14.8. The zero-order valence-corrected chi connectivity index (χ0v) is 10.9. The van der Waals surface area contributed by atoms with E-state index in [-0.39, 0.29) is 19.3 Å². The standard InChI is InChI=1S/C13H22N2O3/c1-10(8-16)15(2)7-11(17)9-18-13-6-4-3-5-12(13)14/h3-6,10-11,16-17H,7-9,14H2,1-2H3. The fourth-order valence-corrected chi connectivity index (χ4v) is 1.50. The highest BCUT2D eigenvalue weighted by Crippen LogP contribution is 2.19. The summed E-state index contributed by atoms with van der Waals surface area (Å²) in [5.41, 5.74) is 6.28. The molecule has 2 atom stereocenters. The second kappa shape index (κ2) is 7.20. The number of nitrogens with zero attached hydrogens (tertiary/aromatic N) is 1. The molecule has 0 spiro atoms. The maximum atomic E-state index is 9.83. The molecule has 0 bridgehead atoms. The fourth-order valence-electron chi connectivity index (χ4n) is 1.50. The summed E-state index contributed by atoms with van der Waals surface area (Å²) in [5.74, 6) is 0.578. The summed E-state index contributed by atoms with van der Waals surface area (Å²) >= 11 is 0. The lowest BCUT2D eigenvalue weighted by molar-refractivity contribution is 0.0545. The SMILES string of the molecule is CC(CO)N(C)CC(O)COc1ccccc1N. The zero-order valence-electron chi connectivity index (χ0n) is 10.9. The molecular weight excluding hydrogens is 232 g/mol. The Bertz CT molecular complexity index is 360. The maximum Gasteiger partial charge on any atom is 0.142 e. The molecule has 0 aromatic heterocycles. The van der Waals surface area contributed by atoms with Gasteiger partial charge >= 0.3 is 0 Å². The molecule has 0 aliphatic heterocycles. The van der Waals surface area contributed by atoms with Gasteiger partial charge in [-0.3, -0.25) is 4.90 Å². The van der Waals surface area contributed by atoms with Crippen LogP contribution >= 0.6 is 0 Å². The van der Waals surface area contributed by atoms with E-state index >= 15 is 0 Å². The Morgan fingerprint density at radius 3 is 2.67 bits per heavy atom. The fraction of sp³-hybridized carbons (Fsp3) is 0.538. The van der Waals surface area contributed by atoms with Gasteiger partial charge in [0.2, 0.25) is 0 Å². The summed E-state index contributed by atoms with van der Waals surface area (Å²) < 4.78 is 5.45. The van der Waals surface area contributed by atoms with Gasteiger partial charge in [0.25, 0.3) is 0 Å². The normalized spacial score (nSPS) is 14.5. The van der Waals surface area contributed by atoms with Gasteiger partial charge in [-0.15, -0.1) is 0 Å². The van der Waals surface area contributed by atoms with E-state index in [0.29, 0.717) is 18.0 Å². The number of aliphatic hydroxyl groups excluding tert-OH is 2. The van der Waals surface area contributed by atoms with E-state index in [9.17, 15) is 5.11 Å². The number of benzene rings is 1. The third kappa shape index (κ3) is 4.52. The van der Waals surface area contributed by atoms with E-state index in [1.54, 1.807) is 12.1 Å². The summed E-state index contributed by atoms with van der Waals surface area (Å²) in [6.45, 7) is 2.57. The zero-order chi connectivity index (χ0) is 13.5. The molecule has 0 fully saturated rings. The highest BCUT2D eigenvalue weighted by Gasteiger charge is 2.13. The van der Waals surface area contributed by atoms with Crippen molar-refractivity contribution in [3.63, 3.8) is 0 Å². The van der Waals surface area contributed by atoms with Crippen LogP contribution in [-0.2, 0) is 0 Å². The van der Waals surface area contributed by atoms with E-state index in [2.05, 4.69) is 0 Å². The average molecular weight is 254 g/mol. The van der Waals surface area contributed by atoms with Crippen LogP contribution in [0.25, 0.3) is 0 Å². The molecular formula is C13H22N2O3. The van der Waals surface area contributed by atoms with Crippen molar-refractivity contribution in [2.75, 3.05) is 32.5 Å². The van der Waals surface area contributed by atoms with Crippen molar-refractivity contribution >= 4 is 5.69 Å². The van der Waals surface area contributed by atoms with Gasteiger partial charge < -0.3 is 20.7 Å². The number of hydrogen-bond acceptors (Lipinski definition) is 5. The molecule has 5 nitrogen and oxygen atoms in total. The molecule has 1 aromatic rings. The molecule has 0 saturated carbocycles. The van der Waals surface area contributed by atoms with Crippen LogP contribution in [0.4, 0.5) is 5.69 Å². The summed E-state index contributed by atoms with van der Waals surface area (Å²) in [6, 6.07) is 7.19. The number of rotatable bonds is 7. The minimum atomic E-state index is -0.622. The van der Waals surface area contributed by atoms with Crippen LogP contribution in [0.15, 0.2) is 24.3 Å². The largest absolute Gasteiger partial charge is 0.489 e. The number of likely N-dealkylation sites (N-methyl/N-ethyl adjacent to an activating group) is 1. The third-order valence-corrected chi connectivity index (χ3v) is 2.87. The molecule has 4 N–H and O–H groups in total. The molecule has 0 aliphatic rings. The van der Waals surface area contributed by atoms with Crippen molar-refractivity contribution in [3.05, 3.63) is 24.3 Å². The lowest BCUT2D eigenvalue weighted by atomic mass is 10.2. The van der Waals surface area contributed by atoms with E-state index in [1.807, 2.05) is 31.0 Å². The minimum Gasteiger partial charge on any atom is -0.489 e. The van der Waals surface area contributed by atoms with Crippen molar-refractivity contribution in [1.82, 2.24) is 4.90 Å². The van der Waals surface area contributed by atoms with Crippen LogP contribution in [-0.4, -0.2) is 54.1 Å². The van der Waals surface area contributed by atoms with Crippen LogP contribution in [0, 0.1) is 0 Å². The summed E-state index contributed by atoms with van der Waals surface area (Å²) in [7, 11) is 1.85. The molecule has 0 amide bonds. The van der Waals surface area contributed by atoms with E-state index in [4.69, 9.17) is 15.6 Å². The molecule has 18 heavy (non-hydrogen) atoms. The number of hydrogen-bond donors (Lipinski definition) is 3. The minimum absolute atomic E-state index is 0.0152. The predicted octanol–water partition coefficient (Wildman–Crippen LogP) is 0.321. The number of nitrogen functional groups attached to an aromatic ring is 1. The lowest BCUT2D eigenvalue weighted by Gasteiger charge is -2.25. The second-order valence-electron chi connectivity index (χ2n) is 4.47. The number of para-hydroxylation sites is 2. The quantitative estimate of drug-likeness (QED) is 0.611. The monoisotopic (exact) mass is 254 g/mol. The Balaban J connectivity index is 2.37. The van der Waals surface area contributed by atoms with Crippen molar-refractivity contribution < 1.29 is 14.9 Å². The Morgan fingerprint density at radius 1 is 1.39 bits per heavy atom. The number of anilines is 1. The Kier molecular flexibility index (Phi) is 5.91. The average Bonchev–Trinajstić information content (AvgIpc) is 2.36. The van der Waals surface area contributed by atoms with Crippen molar-refractivity contribution in [3.8, 4) is 5.75 Å². The number of ether oxygens (including phenoxy) is 1. The lowest BCUT2D eigenvalue weighted by Crippen LogP contribution is -2.39. The van der Waals surface area contributed by atoms with Gasteiger partial charge in [0, 0.05) is 12.6 Å². The van der Waals surface area contributed by atoms with E-state index in [0.717, 1.165) is 0 Å². The van der Waals surface area contributed by atoms with Crippen molar-refractivity contribution in [2.24, 2.45) is 0 Å². The Morgan fingerprint density at radius 2 is 2.06 bits per heavy atom. The van der Waals surface area contributed by atoms with Gasteiger partial charge in [0.05, 0.1) is 12.3 Å². The predicted molar refractivity (Wildman–Crippen MR) is 71.5 cm³/mol. The van der Waals surface area contributed by atoms with Gasteiger partial charge in [-0.1, -0.05) is 12.1 Å². The van der Waals surface area contributed by atoms with Crippen LogP contribution in [0.2, 0.25) is 0 Å². The molecule has 0 radical (unpaired) electrons. The smallest absolute Gasteiger partial charge is 0.142 e. The Hall–Kier alpha value is -1.30. The molecule has 5 heteroatoms. The molecule has 0 heterocycles. The van der Waals surface area contributed by atoms with Crippen LogP contribution in [0.5, 0.6) is 5.75 Å². The summed E-state index contributed by atoms with van der Waals surface area (Å²) in [4.78, 5) is 1.88. The molecule has 1 rings (SSSR count). The van der Waals surface area contributed by atoms with Gasteiger partial charge in [-0.25, -0.2) is 0 Å². The number of aliphatic hydroxyl groups is 2. The van der Waals surface area contributed by atoms with Gasteiger partial charge in [0.15, 0.2) is 0 Å². The first-order valence-electron chi connectivity index (χ1n) is 6.01. The third-order valence-electron chi connectivity index (χ3n) is 2.87. The Labute approximate surface area is 108 Å². The van der Waals surface area contributed by atoms with Gasteiger partial charge in [0.1, 0.15) is 18.5 Å². The number of nitrogens with two attached hydrogens (primary N) is 1. The van der Waals surface area contributed by atoms with Crippen LogP contribution in [0.3, 0.4) is 0 Å². The van der Waals surface area contributed by atoms with E-state index < -0.39 is 6.10 Å². The maximum absolute atomic E-state index is 9.83. The van der Waals surface area contributed by atoms with Gasteiger partial charge in [-0.05, 0) is 26.1 Å². The summed E-state index contributed by atoms with van der Waals surface area (Å²) in [6.07, 6.45) is -0.622. The molecule has 0 aliphatic carbocycles. The van der Waals surface area contributed by atoms with Crippen LogP contribution in [0.1, 0.15) is 6.92 Å². The molecule has 1 aromatic carbocycles. The van der Waals surface area contributed by atoms with Crippen LogP contribution < -0.4 is 10.5 Å². The molecule has 0 saturated heterocycles. The topological polar surface area (TPSA) is 79.0 Å². The molecule has 2 unspecified atom stereocenters.